The van der Waals surface area contributed by atoms with Crippen LogP contribution in [-0.2, 0) is 13.1 Å². The van der Waals surface area contributed by atoms with Crippen LogP contribution in [0.15, 0.2) is 18.3 Å². The second-order valence-corrected chi connectivity index (χ2v) is 7.45. The number of piperidine rings is 1. The molecule has 4 heterocycles. The van der Waals surface area contributed by atoms with Gasteiger partial charge in [-0.05, 0) is 57.8 Å². The zero-order chi connectivity index (χ0) is 18.6. The van der Waals surface area contributed by atoms with Crippen LogP contribution in [0.3, 0.4) is 0 Å². The standard InChI is InChI=1S/C20H27N7/c1-2-27-18(15-25-10-3-4-11-25)23-24-20(27)16-7-12-26(13-8-16)19-17(14-21)6-5-9-22-19/h5-6,9,16H,2-4,7-8,10-13,15H2,1H3. The van der Waals surface area contributed by atoms with Crippen molar-refractivity contribution >= 4 is 5.82 Å². The first-order valence-corrected chi connectivity index (χ1v) is 10.0. The van der Waals surface area contributed by atoms with Crippen LogP contribution in [-0.4, -0.2) is 50.8 Å². The first kappa shape index (κ1) is 17.9. The quantitative estimate of drug-likeness (QED) is 0.811. The van der Waals surface area contributed by atoms with Crippen LogP contribution in [0.25, 0.3) is 0 Å². The highest BCUT2D eigenvalue weighted by Gasteiger charge is 2.27. The molecule has 0 aromatic carbocycles. The summed E-state index contributed by atoms with van der Waals surface area (Å²) >= 11 is 0. The van der Waals surface area contributed by atoms with Gasteiger partial charge in [0, 0.05) is 31.7 Å². The summed E-state index contributed by atoms with van der Waals surface area (Å²) in [6.07, 6.45) is 6.39. The number of aromatic nitrogens is 4. The zero-order valence-electron chi connectivity index (χ0n) is 16.0. The maximum absolute atomic E-state index is 9.32. The molecule has 0 N–H and O–H groups in total. The van der Waals surface area contributed by atoms with E-state index in [0.29, 0.717) is 11.5 Å². The Morgan fingerprint density at radius 1 is 1.15 bits per heavy atom. The third-order valence-corrected chi connectivity index (χ3v) is 5.80. The van der Waals surface area contributed by atoms with Crippen LogP contribution in [0.5, 0.6) is 0 Å². The predicted octanol–water partition coefficient (Wildman–Crippen LogP) is 2.54. The summed E-state index contributed by atoms with van der Waals surface area (Å²) in [5, 5.41) is 18.4. The van der Waals surface area contributed by atoms with Gasteiger partial charge in [0.05, 0.1) is 12.1 Å². The molecular weight excluding hydrogens is 338 g/mol. The lowest BCUT2D eigenvalue weighted by molar-refractivity contribution is 0.315. The van der Waals surface area contributed by atoms with Gasteiger partial charge in [-0.15, -0.1) is 10.2 Å². The van der Waals surface area contributed by atoms with E-state index in [0.717, 1.165) is 56.5 Å². The Balaban J connectivity index is 1.45. The molecule has 0 saturated carbocycles. The minimum Gasteiger partial charge on any atom is -0.355 e. The lowest BCUT2D eigenvalue weighted by atomic mass is 9.95. The van der Waals surface area contributed by atoms with Crippen LogP contribution in [0.1, 0.15) is 55.7 Å². The van der Waals surface area contributed by atoms with E-state index in [9.17, 15) is 5.26 Å². The molecule has 27 heavy (non-hydrogen) atoms. The highest BCUT2D eigenvalue weighted by molar-refractivity contribution is 5.53. The summed E-state index contributed by atoms with van der Waals surface area (Å²) in [4.78, 5) is 9.14. The Morgan fingerprint density at radius 2 is 1.93 bits per heavy atom. The molecule has 2 saturated heterocycles. The molecule has 142 valence electrons. The Labute approximate surface area is 160 Å². The largest absolute Gasteiger partial charge is 0.355 e. The van der Waals surface area contributed by atoms with Crippen molar-refractivity contribution in [1.29, 1.82) is 5.26 Å². The zero-order valence-corrected chi connectivity index (χ0v) is 16.0. The molecule has 2 aliphatic heterocycles. The van der Waals surface area contributed by atoms with Gasteiger partial charge in [0.15, 0.2) is 0 Å². The van der Waals surface area contributed by atoms with Gasteiger partial charge in [-0.1, -0.05) is 0 Å². The highest BCUT2D eigenvalue weighted by atomic mass is 15.3. The van der Waals surface area contributed by atoms with E-state index in [1.54, 1.807) is 6.20 Å². The Kier molecular flexibility index (Phi) is 5.35. The van der Waals surface area contributed by atoms with Gasteiger partial charge in [-0.2, -0.15) is 5.26 Å². The highest BCUT2D eigenvalue weighted by Crippen LogP contribution is 2.30. The predicted molar refractivity (Wildman–Crippen MR) is 103 cm³/mol. The second-order valence-electron chi connectivity index (χ2n) is 7.45. The normalized spacial score (nSPS) is 18.7. The molecule has 0 unspecified atom stereocenters. The number of hydrogen-bond donors (Lipinski definition) is 0. The average molecular weight is 365 g/mol. The molecule has 0 amide bonds. The molecule has 2 aromatic rings. The molecule has 0 spiro atoms. The average Bonchev–Trinajstić information content (AvgIpc) is 3.38. The Morgan fingerprint density at radius 3 is 2.63 bits per heavy atom. The fourth-order valence-electron chi connectivity index (χ4n) is 4.34. The topological polar surface area (TPSA) is 73.9 Å². The number of nitrogens with zero attached hydrogens (tertiary/aromatic N) is 7. The minimum atomic E-state index is 0.426. The molecule has 2 fully saturated rings. The van der Waals surface area contributed by atoms with Gasteiger partial charge >= 0.3 is 0 Å². The summed E-state index contributed by atoms with van der Waals surface area (Å²) in [6, 6.07) is 5.92. The molecule has 7 heteroatoms. The maximum Gasteiger partial charge on any atom is 0.147 e. The molecule has 0 atom stereocenters. The van der Waals surface area contributed by atoms with Crippen LogP contribution in [0.2, 0.25) is 0 Å². The van der Waals surface area contributed by atoms with Crippen molar-refractivity contribution in [2.75, 3.05) is 31.1 Å². The number of likely N-dealkylation sites (tertiary alicyclic amines) is 1. The molecular formula is C20H27N7. The number of nitriles is 1. The summed E-state index contributed by atoms with van der Waals surface area (Å²) in [5.41, 5.74) is 0.653. The van der Waals surface area contributed by atoms with E-state index < -0.39 is 0 Å². The van der Waals surface area contributed by atoms with Crippen molar-refractivity contribution in [3.63, 3.8) is 0 Å². The molecule has 0 bridgehead atoms. The summed E-state index contributed by atoms with van der Waals surface area (Å²) in [6.45, 7) is 8.17. The van der Waals surface area contributed by atoms with E-state index in [4.69, 9.17) is 0 Å². The van der Waals surface area contributed by atoms with Crippen LogP contribution in [0, 0.1) is 11.3 Å². The van der Waals surface area contributed by atoms with Gasteiger partial charge in [-0.3, -0.25) is 4.90 Å². The van der Waals surface area contributed by atoms with Crippen molar-refractivity contribution in [1.82, 2.24) is 24.6 Å². The van der Waals surface area contributed by atoms with Crippen molar-refractivity contribution < 1.29 is 0 Å². The number of hydrogen-bond acceptors (Lipinski definition) is 6. The Bertz CT molecular complexity index is 808. The fraction of sp³-hybridized carbons (Fsp3) is 0.600. The van der Waals surface area contributed by atoms with Crippen LogP contribution >= 0.6 is 0 Å². The second kappa shape index (κ2) is 8.05. The fourth-order valence-corrected chi connectivity index (χ4v) is 4.34. The van der Waals surface area contributed by atoms with Gasteiger partial charge in [0.25, 0.3) is 0 Å². The minimum absolute atomic E-state index is 0.426. The lowest BCUT2D eigenvalue weighted by Crippen LogP contribution is -2.35. The first-order valence-electron chi connectivity index (χ1n) is 10.0. The van der Waals surface area contributed by atoms with E-state index >= 15 is 0 Å². The number of pyridine rings is 1. The number of rotatable bonds is 5. The molecule has 0 radical (unpaired) electrons. The van der Waals surface area contributed by atoms with Gasteiger partial charge in [0.2, 0.25) is 0 Å². The van der Waals surface area contributed by atoms with Crippen molar-refractivity contribution in [2.24, 2.45) is 0 Å². The van der Waals surface area contributed by atoms with E-state index in [1.807, 2.05) is 12.1 Å². The molecule has 2 aliphatic rings. The molecule has 7 nitrogen and oxygen atoms in total. The van der Waals surface area contributed by atoms with Crippen molar-refractivity contribution in [2.45, 2.75) is 51.6 Å². The summed E-state index contributed by atoms with van der Waals surface area (Å²) in [5.74, 6) is 3.47. The van der Waals surface area contributed by atoms with E-state index in [1.165, 1.54) is 25.9 Å². The van der Waals surface area contributed by atoms with Gasteiger partial charge < -0.3 is 9.47 Å². The molecule has 4 rings (SSSR count). The van der Waals surface area contributed by atoms with Crippen LogP contribution < -0.4 is 4.90 Å². The lowest BCUT2D eigenvalue weighted by Gasteiger charge is -2.32. The van der Waals surface area contributed by atoms with Crippen LogP contribution in [0.4, 0.5) is 5.82 Å². The monoisotopic (exact) mass is 365 g/mol. The molecule has 0 aliphatic carbocycles. The van der Waals surface area contributed by atoms with E-state index in [2.05, 4.69) is 42.5 Å². The number of anilines is 1. The third-order valence-electron chi connectivity index (χ3n) is 5.80. The summed E-state index contributed by atoms with van der Waals surface area (Å²) < 4.78 is 2.32. The van der Waals surface area contributed by atoms with E-state index in [-0.39, 0.29) is 0 Å². The first-order chi connectivity index (χ1) is 13.3. The van der Waals surface area contributed by atoms with Gasteiger partial charge in [-0.25, -0.2) is 4.98 Å². The van der Waals surface area contributed by atoms with Crippen molar-refractivity contribution in [3.05, 3.63) is 35.5 Å². The summed E-state index contributed by atoms with van der Waals surface area (Å²) in [7, 11) is 0. The third kappa shape index (κ3) is 3.67. The Hall–Kier alpha value is -2.46. The SMILES string of the molecule is CCn1c(CN2CCCC2)nnc1C1CCN(c2ncccc2C#N)CC1. The maximum atomic E-state index is 9.32. The molecule has 2 aromatic heterocycles. The smallest absolute Gasteiger partial charge is 0.147 e. The van der Waals surface area contributed by atoms with Gasteiger partial charge in [0.1, 0.15) is 23.5 Å². The van der Waals surface area contributed by atoms with Crippen molar-refractivity contribution in [3.8, 4) is 6.07 Å².